The molecule has 0 saturated carbocycles. The van der Waals surface area contributed by atoms with Crippen molar-refractivity contribution < 1.29 is 42.1 Å². The zero-order valence-corrected chi connectivity index (χ0v) is 51.6. The molecule has 0 aliphatic heterocycles. The number of nitrogens with zero attached hydrogens (tertiary/aromatic N) is 1. The first kappa shape index (κ1) is 75.1. The largest absolute Gasteiger partial charge is 0.756 e. The van der Waals surface area contributed by atoms with Gasteiger partial charge in [0, 0.05) is 6.42 Å². The summed E-state index contributed by atoms with van der Waals surface area (Å²) in [5.74, 6) is -1.00. The lowest BCUT2D eigenvalue weighted by molar-refractivity contribution is -0.870. The summed E-state index contributed by atoms with van der Waals surface area (Å²) in [5.41, 5.74) is 0. The first-order chi connectivity index (χ1) is 39.0. The van der Waals surface area contributed by atoms with Gasteiger partial charge in [0.15, 0.2) is 6.10 Å². The maximum atomic E-state index is 12.8. The third-order valence-electron chi connectivity index (χ3n) is 12.0. The van der Waals surface area contributed by atoms with Crippen molar-refractivity contribution in [3.63, 3.8) is 0 Å². The monoisotopic (exact) mass is 1120 g/mol. The Morgan fingerprint density at radius 1 is 0.400 bits per heavy atom. The van der Waals surface area contributed by atoms with Crippen molar-refractivity contribution in [2.24, 2.45) is 0 Å². The molecule has 0 radical (unpaired) electrons. The molecule has 2 atom stereocenters. The molecule has 0 fully saturated rings. The average Bonchev–Trinajstić information content (AvgIpc) is 3.42. The van der Waals surface area contributed by atoms with Gasteiger partial charge in [-0.2, -0.15) is 0 Å². The molecular weight excluding hydrogens is 1010 g/mol. The van der Waals surface area contributed by atoms with Gasteiger partial charge < -0.3 is 27.9 Å². The summed E-state index contributed by atoms with van der Waals surface area (Å²) in [6, 6.07) is 0. The zero-order valence-electron chi connectivity index (χ0n) is 50.7. The van der Waals surface area contributed by atoms with Crippen LogP contribution >= 0.6 is 7.82 Å². The van der Waals surface area contributed by atoms with Crippen LogP contribution in [-0.2, 0) is 32.7 Å². The number of phosphoric acid groups is 1. The van der Waals surface area contributed by atoms with E-state index in [4.69, 9.17) is 18.5 Å². The minimum Gasteiger partial charge on any atom is -0.756 e. The van der Waals surface area contributed by atoms with Crippen LogP contribution in [0.5, 0.6) is 0 Å². The van der Waals surface area contributed by atoms with E-state index in [1.807, 2.05) is 33.3 Å². The highest BCUT2D eigenvalue weighted by Crippen LogP contribution is 2.38. The van der Waals surface area contributed by atoms with E-state index in [0.717, 1.165) is 116 Å². The highest BCUT2D eigenvalue weighted by atomic mass is 31.2. The van der Waals surface area contributed by atoms with E-state index in [9.17, 15) is 19.0 Å². The first-order valence-electron chi connectivity index (χ1n) is 30.5. The number of allylic oxidation sites excluding steroid dienone is 29. The molecule has 448 valence electrons. The normalized spacial score (nSPS) is 14.5. The summed E-state index contributed by atoms with van der Waals surface area (Å²) in [6.45, 7) is 3.85. The Kier molecular flexibility index (Phi) is 55.2. The molecule has 0 spiro atoms. The van der Waals surface area contributed by atoms with Crippen molar-refractivity contribution in [2.75, 3.05) is 47.5 Å². The van der Waals surface area contributed by atoms with Crippen LogP contribution in [0.4, 0.5) is 0 Å². The highest BCUT2D eigenvalue weighted by molar-refractivity contribution is 7.45. The maximum absolute atomic E-state index is 12.8. The Morgan fingerprint density at radius 3 is 1.06 bits per heavy atom. The smallest absolute Gasteiger partial charge is 0.309 e. The summed E-state index contributed by atoms with van der Waals surface area (Å²) in [7, 11) is 1.09. The lowest BCUT2D eigenvalue weighted by Gasteiger charge is -2.28. The molecule has 80 heavy (non-hydrogen) atoms. The first-order valence-corrected chi connectivity index (χ1v) is 32.0. The number of rotatable bonds is 53. The van der Waals surface area contributed by atoms with Crippen molar-refractivity contribution in [3.05, 3.63) is 182 Å². The second kappa shape index (κ2) is 58.8. The summed E-state index contributed by atoms with van der Waals surface area (Å²) in [4.78, 5) is 37.7. The Bertz CT molecular complexity index is 2000. The van der Waals surface area contributed by atoms with E-state index in [2.05, 4.69) is 178 Å². The van der Waals surface area contributed by atoms with E-state index >= 15 is 0 Å². The Hall–Kier alpha value is -4.89. The number of likely N-dealkylation sites (N-methyl/N-ethyl adjacent to an activating group) is 1. The van der Waals surface area contributed by atoms with Crippen LogP contribution in [-0.4, -0.2) is 70.0 Å². The summed E-state index contributed by atoms with van der Waals surface area (Å²) in [5, 5.41) is 0. The van der Waals surface area contributed by atoms with Crippen LogP contribution in [0.2, 0.25) is 0 Å². The van der Waals surface area contributed by atoms with Gasteiger partial charge in [-0.05, 0) is 116 Å². The molecule has 0 bridgehead atoms. The zero-order chi connectivity index (χ0) is 58.4. The number of hydrogen-bond acceptors (Lipinski definition) is 8. The maximum Gasteiger partial charge on any atom is 0.309 e. The van der Waals surface area contributed by atoms with Crippen molar-refractivity contribution in [1.82, 2.24) is 0 Å². The second-order valence-electron chi connectivity index (χ2n) is 20.6. The van der Waals surface area contributed by atoms with Gasteiger partial charge in [-0.3, -0.25) is 14.2 Å². The number of ether oxygens (including phenoxy) is 2. The van der Waals surface area contributed by atoms with E-state index in [-0.39, 0.29) is 26.1 Å². The molecule has 10 heteroatoms. The average molecular weight is 1120 g/mol. The van der Waals surface area contributed by atoms with Crippen LogP contribution in [0.15, 0.2) is 182 Å². The van der Waals surface area contributed by atoms with Gasteiger partial charge in [-0.1, -0.05) is 247 Å². The molecule has 9 nitrogen and oxygen atoms in total. The molecule has 0 aromatic heterocycles. The number of carbonyl (C=O) groups excluding carboxylic acids is 2. The lowest BCUT2D eigenvalue weighted by Crippen LogP contribution is -2.37. The van der Waals surface area contributed by atoms with Crippen molar-refractivity contribution in [2.45, 2.75) is 200 Å². The Balaban J connectivity index is 4.16. The number of hydrogen-bond donors (Lipinski definition) is 0. The highest BCUT2D eigenvalue weighted by Gasteiger charge is 2.21. The third kappa shape index (κ3) is 62.3. The fraction of sp³-hybridized carbons (Fsp3) is 0.543. The molecule has 0 amide bonds. The molecule has 0 heterocycles. The second-order valence-corrected chi connectivity index (χ2v) is 22.0. The van der Waals surface area contributed by atoms with Gasteiger partial charge in [0.2, 0.25) is 0 Å². The molecule has 0 aromatic carbocycles. The van der Waals surface area contributed by atoms with Gasteiger partial charge in [-0.15, -0.1) is 0 Å². The summed E-state index contributed by atoms with van der Waals surface area (Å²) < 4.78 is 34.0. The fourth-order valence-electron chi connectivity index (χ4n) is 7.34. The molecule has 0 aromatic rings. The van der Waals surface area contributed by atoms with Crippen LogP contribution in [0.3, 0.4) is 0 Å². The Morgan fingerprint density at radius 2 is 0.713 bits per heavy atom. The van der Waals surface area contributed by atoms with E-state index < -0.39 is 32.5 Å². The molecule has 0 saturated heterocycles. The SMILES string of the molecule is CC/C=C\C/C=C\C/C=C\C/C=C\C/C=C\C/C=C\C/C=C\C/C=C\C/C=C\C/C=C\CCCCCCCCCCCCC(=O)OC(COC(=O)C/C=C\C/C=C\C/C=C\C/C=C\C/C=C\CC)COP(=O)([O-])OCC[N+](C)(C)C. The Labute approximate surface area is 489 Å². The number of quaternary nitrogens is 1. The van der Waals surface area contributed by atoms with Crippen molar-refractivity contribution >= 4 is 19.8 Å². The third-order valence-corrected chi connectivity index (χ3v) is 12.9. The van der Waals surface area contributed by atoms with Crippen molar-refractivity contribution in [3.8, 4) is 0 Å². The number of phosphoric ester groups is 1. The molecule has 0 N–H and O–H groups in total. The van der Waals surface area contributed by atoms with Gasteiger partial charge >= 0.3 is 11.9 Å². The predicted octanol–water partition coefficient (Wildman–Crippen LogP) is 19.0. The number of esters is 2. The van der Waals surface area contributed by atoms with Crippen LogP contribution in [0.1, 0.15) is 194 Å². The van der Waals surface area contributed by atoms with Gasteiger partial charge in [0.05, 0.1) is 34.2 Å². The lowest BCUT2D eigenvalue weighted by atomic mass is 10.0. The fourth-order valence-corrected chi connectivity index (χ4v) is 8.07. The van der Waals surface area contributed by atoms with Gasteiger partial charge in [0.1, 0.15) is 19.8 Å². The molecule has 0 rings (SSSR count). The van der Waals surface area contributed by atoms with Crippen LogP contribution in [0.25, 0.3) is 0 Å². The molecule has 2 unspecified atom stereocenters. The number of unbranched alkanes of at least 4 members (excludes halogenated alkanes) is 10. The van der Waals surface area contributed by atoms with E-state index in [0.29, 0.717) is 23.9 Å². The summed E-state index contributed by atoms with van der Waals surface area (Å²) >= 11 is 0. The molecule has 0 aliphatic rings. The van der Waals surface area contributed by atoms with Crippen molar-refractivity contribution in [1.29, 1.82) is 0 Å². The molecular formula is C70H110NO8P. The number of carbonyl (C=O) groups is 2. The molecule has 0 aliphatic carbocycles. The summed E-state index contributed by atoms with van der Waals surface area (Å²) in [6.07, 6.45) is 91.3. The van der Waals surface area contributed by atoms with Gasteiger partial charge in [-0.25, -0.2) is 0 Å². The van der Waals surface area contributed by atoms with E-state index in [1.165, 1.54) is 38.5 Å². The minimum atomic E-state index is -4.67. The standard InChI is InChI=1S/C70H110NO8P/c1-6-8-10-12-14-16-18-20-22-23-24-25-26-27-28-29-30-31-32-33-34-35-36-37-38-39-40-41-42-43-44-45-46-47-49-51-53-55-57-59-61-63-70(73)79-68(67-78-80(74,75)77-65-64-71(3,4)5)66-76-69(72)62-60-58-56-54-52-50-48-21-19-17-15-13-11-9-7-2/h8-11,14-17,20-22,24-25,27-28,30-31,33-34,36-37,39-40,42-43,48,52,54,58,60,68H,6-7,12-13,18-19,23,26,29,32,35,38,41,44-47,49-51,53,55-57,59,61-67H2,1-5H3/b10-8-,11-9-,16-14-,17-15-,22-20-,25-24-,28-27-,31-30-,34-33-,37-36-,40-39-,43-42-,48-21-,54-52-,60-58-. The van der Waals surface area contributed by atoms with Crippen LogP contribution in [0, 0.1) is 0 Å². The topological polar surface area (TPSA) is 111 Å². The quantitative estimate of drug-likeness (QED) is 0.0195. The van der Waals surface area contributed by atoms with Gasteiger partial charge in [0.25, 0.3) is 7.82 Å². The predicted molar refractivity (Wildman–Crippen MR) is 341 cm³/mol. The minimum absolute atomic E-state index is 0.0340. The van der Waals surface area contributed by atoms with E-state index in [1.54, 1.807) is 6.08 Å². The van der Waals surface area contributed by atoms with Crippen LogP contribution < -0.4 is 4.89 Å².